The Hall–Kier alpha value is -0.370. The number of hydrogen-bond acceptors (Lipinski definition) is 2. The van der Waals surface area contributed by atoms with Crippen LogP contribution in [0, 0.1) is 0 Å². The SMILES string of the molecule is C1=NCOC1.CCC. The predicted molar refractivity (Wildman–Crippen MR) is 35.3 cm³/mol. The van der Waals surface area contributed by atoms with Gasteiger partial charge >= 0.3 is 0 Å². The molecular weight excluding hydrogens is 102 g/mol. The van der Waals surface area contributed by atoms with E-state index in [-0.39, 0.29) is 0 Å². The van der Waals surface area contributed by atoms with Crippen molar-refractivity contribution in [2.45, 2.75) is 20.3 Å². The minimum absolute atomic E-state index is 0.569. The van der Waals surface area contributed by atoms with Crippen LogP contribution in [-0.4, -0.2) is 19.6 Å². The molecule has 0 N–H and O–H groups in total. The number of rotatable bonds is 0. The van der Waals surface area contributed by atoms with Crippen molar-refractivity contribution in [3.8, 4) is 0 Å². The lowest BCUT2D eigenvalue weighted by Gasteiger charge is -1.75. The van der Waals surface area contributed by atoms with Gasteiger partial charge in [0.25, 0.3) is 0 Å². The molecule has 0 bridgehead atoms. The molecule has 2 heteroatoms. The molecule has 0 amide bonds. The monoisotopic (exact) mass is 115 g/mol. The van der Waals surface area contributed by atoms with E-state index in [0.717, 1.165) is 0 Å². The van der Waals surface area contributed by atoms with Crippen LogP contribution in [0.4, 0.5) is 0 Å². The second-order valence-electron chi connectivity index (χ2n) is 1.57. The third-order valence-electron chi connectivity index (χ3n) is 0.487. The van der Waals surface area contributed by atoms with Crippen LogP contribution in [0.5, 0.6) is 0 Å². The van der Waals surface area contributed by atoms with Crippen molar-refractivity contribution in [2.75, 3.05) is 13.3 Å². The summed E-state index contributed by atoms with van der Waals surface area (Å²) in [5, 5.41) is 0. The Labute approximate surface area is 50.6 Å². The van der Waals surface area contributed by atoms with E-state index in [1.165, 1.54) is 6.42 Å². The van der Waals surface area contributed by atoms with E-state index < -0.39 is 0 Å². The van der Waals surface area contributed by atoms with Gasteiger partial charge in [0.1, 0.15) is 6.73 Å². The maximum absolute atomic E-state index is 4.72. The quantitative estimate of drug-likeness (QED) is 0.468. The second kappa shape index (κ2) is 6.63. The predicted octanol–water partition coefficient (Wildman–Crippen LogP) is 1.46. The molecule has 1 aliphatic rings. The lowest BCUT2D eigenvalue weighted by Crippen LogP contribution is -1.79. The number of ether oxygens (including phenoxy) is 1. The molecule has 0 aromatic heterocycles. The summed E-state index contributed by atoms with van der Waals surface area (Å²) >= 11 is 0. The fourth-order valence-corrected chi connectivity index (χ4v) is 0.264. The largest absolute Gasteiger partial charge is 0.354 e. The Bertz CT molecular complexity index is 55.5. The molecule has 0 saturated carbocycles. The Morgan fingerprint density at radius 1 is 1.62 bits per heavy atom. The van der Waals surface area contributed by atoms with E-state index >= 15 is 0 Å². The third-order valence-corrected chi connectivity index (χ3v) is 0.487. The van der Waals surface area contributed by atoms with Crippen molar-refractivity contribution >= 4 is 6.21 Å². The van der Waals surface area contributed by atoms with Crippen LogP contribution in [-0.2, 0) is 4.74 Å². The van der Waals surface area contributed by atoms with Gasteiger partial charge in [0, 0.05) is 6.21 Å². The summed E-state index contributed by atoms with van der Waals surface area (Å²) in [6.45, 7) is 5.53. The highest BCUT2D eigenvalue weighted by molar-refractivity contribution is 5.59. The zero-order valence-corrected chi connectivity index (χ0v) is 5.55. The van der Waals surface area contributed by atoms with Crippen molar-refractivity contribution in [2.24, 2.45) is 4.99 Å². The normalized spacial score (nSPS) is 15.2. The smallest absolute Gasteiger partial charge is 0.137 e. The van der Waals surface area contributed by atoms with Crippen LogP contribution in [0.15, 0.2) is 4.99 Å². The van der Waals surface area contributed by atoms with Crippen LogP contribution in [0.1, 0.15) is 20.3 Å². The van der Waals surface area contributed by atoms with E-state index in [4.69, 9.17) is 4.74 Å². The molecular formula is C6H13NO. The zero-order chi connectivity index (χ0) is 6.24. The van der Waals surface area contributed by atoms with E-state index in [1.54, 1.807) is 6.21 Å². The van der Waals surface area contributed by atoms with Gasteiger partial charge in [0.15, 0.2) is 0 Å². The first-order chi connectivity index (χ1) is 3.91. The average Bonchev–Trinajstić information content (AvgIpc) is 2.17. The molecule has 2 nitrogen and oxygen atoms in total. The molecule has 0 atom stereocenters. The summed E-state index contributed by atoms with van der Waals surface area (Å²) in [6.07, 6.45) is 3.01. The van der Waals surface area contributed by atoms with Gasteiger partial charge in [-0.2, -0.15) is 0 Å². The molecule has 1 rings (SSSR count). The van der Waals surface area contributed by atoms with Crippen LogP contribution < -0.4 is 0 Å². The van der Waals surface area contributed by atoms with Gasteiger partial charge in [0.05, 0.1) is 6.61 Å². The molecule has 0 aromatic rings. The van der Waals surface area contributed by atoms with E-state index in [2.05, 4.69) is 18.8 Å². The maximum Gasteiger partial charge on any atom is 0.137 e. The van der Waals surface area contributed by atoms with E-state index in [1.807, 2.05) is 0 Å². The first kappa shape index (κ1) is 7.63. The van der Waals surface area contributed by atoms with Gasteiger partial charge in [-0.15, -0.1) is 0 Å². The fraction of sp³-hybridized carbons (Fsp3) is 0.833. The van der Waals surface area contributed by atoms with Crippen molar-refractivity contribution < 1.29 is 4.74 Å². The van der Waals surface area contributed by atoms with Gasteiger partial charge in [-0.25, -0.2) is 0 Å². The highest BCUT2D eigenvalue weighted by Gasteiger charge is 1.84. The molecule has 0 aromatic carbocycles. The Kier molecular flexibility index (Phi) is 6.32. The fourth-order valence-electron chi connectivity index (χ4n) is 0.264. The number of aliphatic imine (C=N–C) groups is 1. The molecule has 1 heterocycles. The van der Waals surface area contributed by atoms with Gasteiger partial charge in [-0.3, -0.25) is 4.99 Å². The summed E-state index contributed by atoms with van der Waals surface area (Å²) in [6, 6.07) is 0. The average molecular weight is 115 g/mol. The minimum Gasteiger partial charge on any atom is -0.354 e. The van der Waals surface area contributed by atoms with Gasteiger partial charge < -0.3 is 4.74 Å². The molecule has 1 aliphatic heterocycles. The molecule has 48 valence electrons. The summed E-state index contributed by atoms with van der Waals surface area (Å²) in [5.74, 6) is 0. The number of hydrogen-bond donors (Lipinski definition) is 0. The topological polar surface area (TPSA) is 21.6 Å². The van der Waals surface area contributed by atoms with Crippen molar-refractivity contribution in [1.82, 2.24) is 0 Å². The first-order valence-corrected chi connectivity index (χ1v) is 2.97. The van der Waals surface area contributed by atoms with Crippen LogP contribution >= 0.6 is 0 Å². The Balaban J connectivity index is 0.000000145. The van der Waals surface area contributed by atoms with Gasteiger partial charge in [-0.05, 0) is 0 Å². The summed E-state index contributed by atoms with van der Waals surface area (Å²) in [5.41, 5.74) is 0. The summed E-state index contributed by atoms with van der Waals surface area (Å²) < 4.78 is 4.72. The molecule has 0 unspecified atom stereocenters. The molecule has 0 aliphatic carbocycles. The third kappa shape index (κ3) is 5.63. The van der Waals surface area contributed by atoms with E-state index in [9.17, 15) is 0 Å². The van der Waals surface area contributed by atoms with Crippen molar-refractivity contribution in [3.05, 3.63) is 0 Å². The zero-order valence-electron chi connectivity index (χ0n) is 5.55. The van der Waals surface area contributed by atoms with Crippen LogP contribution in [0.2, 0.25) is 0 Å². The molecule has 0 radical (unpaired) electrons. The molecule has 8 heavy (non-hydrogen) atoms. The molecule has 0 saturated heterocycles. The minimum atomic E-state index is 0.569. The summed E-state index contributed by atoms with van der Waals surface area (Å²) in [7, 11) is 0. The van der Waals surface area contributed by atoms with Crippen molar-refractivity contribution in [1.29, 1.82) is 0 Å². The lowest BCUT2D eigenvalue weighted by molar-refractivity contribution is 0.203. The number of nitrogens with zero attached hydrogens (tertiary/aromatic N) is 1. The standard InChI is InChI=1S/C3H5NO.C3H8/c1-2-5-3-4-1;1-3-2/h1H,2-3H2;3H2,1-2H3. The maximum atomic E-state index is 4.72. The van der Waals surface area contributed by atoms with Crippen LogP contribution in [0.3, 0.4) is 0 Å². The highest BCUT2D eigenvalue weighted by Crippen LogP contribution is 1.79. The van der Waals surface area contributed by atoms with Crippen molar-refractivity contribution in [3.63, 3.8) is 0 Å². The van der Waals surface area contributed by atoms with Crippen LogP contribution in [0.25, 0.3) is 0 Å². The Morgan fingerprint density at radius 2 is 2.25 bits per heavy atom. The second-order valence-corrected chi connectivity index (χ2v) is 1.57. The van der Waals surface area contributed by atoms with Gasteiger partial charge in [-0.1, -0.05) is 20.3 Å². The highest BCUT2D eigenvalue weighted by atomic mass is 16.5. The molecule has 0 fully saturated rings. The lowest BCUT2D eigenvalue weighted by atomic mass is 10.6. The first-order valence-electron chi connectivity index (χ1n) is 2.97. The van der Waals surface area contributed by atoms with Gasteiger partial charge in [0.2, 0.25) is 0 Å². The summed E-state index contributed by atoms with van der Waals surface area (Å²) in [4.78, 5) is 3.74. The Morgan fingerprint density at radius 3 is 2.38 bits per heavy atom. The van der Waals surface area contributed by atoms with E-state index in [0.29, 0.717) is 13.3 Å². The molecule has 0 spiro atoms.